The Morgan fingerprint density at radius 3 is 2.76 bits per heavy atom. The zero-order valence-corrected chi connectivity index (χ0v) is 15.9. The number of furan rings is 1. The van der Waals surface area contributed by atoms with Gasteiger partial charge in [-0.1, -0.05) is 28.1 Å². The van der Waals surface area contributed by atoms with E-state index in [-0.39, 0.29) is 5.91 Å². The summed E-state index contributed by atoms with van der Waals surface area (Å²) in [4.78, 5) is 12.6. The first-order chi connectivity index (χ1) is 12.1. The molecule has 0 saturated heterocycles. The van der Waals surface area contributed by atoms with E-state index in [0.29, 0.717) is 25.4 Å². The monoisotopic (exact) mass is 404 g/mol. The highest BCUT2D eigenvalue weighted by Crippen LogP contribution is 2.25. The second kappa shape index (κ2) is 7.89. The largest absolute Gasteiger partial charge is 0.460 e. The fourth-order valence-electron chi connectivity index (χ4n) is 2.80. The van der Waals surface area contributed by atoms with Gasteiger partial charge in [-0.2, -0.15) is 0 Å². The van der Waals surface area contributed by atoms with Gasteiger partial charge in [0.15, 0.2) is 5.58 Å². The molecule has 1 aromatic carbocycles. The van der Waals surface area contributed by atoms with Crippen LogP contribution >= 0.6 is 15.9 Å². The summed E-state index contributed by atoms with van der Waals surface area (Å²) in [6.45, 7) is 3.73. The molecule has 5 nitrogen and oxygen atoms in total. The molecule has 3 aromatic rings. The Balaban J connectivity index is 1.88. The number of hydrogen-bond donors (Lipinski definition) is 1. The van der Waals surface area contributed by atoms with Crippen molar-refractivity contribution in [3.63, 3.8) is 0 Å². The Bertz CT molecular complexity index is 865. The van der Waals surface area contributed by atoms with Crippen LogP contribution in [-0.2, 0) is 11.3 Å². The van der Waals surface area contributed by atoms with E-state index in [2.05, 4.69) is 21.2 Å². The zero-order chi connectivity index (χ0) is 17.8. The first kappa shape index (κ1) is 17.8. The highest BCUT2D eigenvalue weighted by molar-refractivity contribution is 9.10. The third-order valence-corrected chi connectivity index (χ3v) is 4.54. The van der Waals surface area contributed by atoms with Crippen LogP contribution in [0.3, 0.4) is 0 Å². The maximum atomic E-state index is 12.6. The lowest BCUT2D eigenvalue weighted by molar-refractivity contribution is 0.0940. The lowest BCUT2D eigenvalue weighted by Crippen LogP contribution is -2.27. The van der Waals surface area contributed by atoms with E-state index in [1.165, 1.54) is 0 Å². The van der Waals surface area contributed by atoms with Gasteiger partial charge in [-0.05, 0) is 31.0 Å². The van der Waals surface area contributed by atoms with Gasteiger partial charge < -0.3 is 19.0 Å². The number of carbonyl (C=O) groups is 1. The number of methoxy groups -OCH3 is 1. The molecule has 3 rings (SSSR count). The minimum absolute atomic E-state index is 0.0998. The molecule has 0 radical (unpaired) electrons. The van der Waals surface area contributed by atoms with E-state index in [1.807, 2.05) is 47.9 Å². The summed E-state index contributed by atoms with van der Waals surface area (Å²) in [5.74, 6) is 0.735. The number of nitrogens with one attached hydrogen (secondary N) is 1. The number of halogens is 1. The van der Waals surface area contributed by atoms with Gasteiger partial charge >= 0.3 is 0 Å². The third kappa shape index (κ3) is 4.14. The summed E-state index contributed by atoms with van der Waals surface area (Å²) < 4.78 is 13.8. The second-order valence-corrected chi connectivity index (χ2v) is 6.87. The van der Waals surface area contributed by atoms with Crippen LogP contribution in [0.2, 0.25) is 0 Å². The molecule has 6 heteroatoms. The van der Waals surface area contributed by atoms with Crippen molar-refractivity contribution in [3.8, 4) is 0 Å². The molecule has 0 unspecified atom stereocenters. The number of carbonyl (C=O) groups excluding carboxylic acids is 1. The molecular formula is C19H21BrN2O3. The number of ether oxygens (including phenoxy) is 1. The average Bonchev–Trinajstić information content (AvgIpc) is 3.11. The Hall–Kier alpha value is -2.05. The van der Waals surface area contributed by atoms with E-state index in [1.54, 1.807) is 7.11 Å². The minimum atomic E-state index is -0.0998. The molecule has 2 aromatic heterocycles. The third-order valence-electron chi connectivity index (χ3n) is 4.01. The number of hydrogen-bond acceptors (Lipinski definition) is 3. The fourth-order valence-corrected chi connectivity index (χ4v) is 3.07. The maximum Gasteiger partial charge on any atom is 0.268 e. The quantitative estimate of drug-likeness (QED) is 0.602. The van der Waals surface area contributed by atoms with Crippen molar-refractivity contribution < 1.29 is 13.9 Å². The molecule has 0 saturated carbocycles. The van der Waals surface area contributed by atoms with Crippen LogP contribution in [0.25, 0.3) is 11.1 Å². The van der Waals surface area contributed by atoms with Gasteiger partial charge in [-0.15, -0.1) is 0 Å². The second-order valence-electron chi connectivity index (χ2n) is 5.95. The summed E-state index contributed by atoms with van der Waals surface area (Å²) in [7, 11) is 1.65. The standard InChI is InChI=1S/C19H21BrN2O3/c1-13-10-16-18(25-13)11-17(19(23)21-8-3-9-24-2)22(16)12-14-4-6-15(20)7-5-14/h4-7,10-11H,3,8-9,12H2,1-2H3,(H,21,23). The van der Waals surface area contributed by atoms with Crippen LogP contribution < -0.4 is 5.32 Å². The van der Waals surface area contributed by atoms with Crippen molar-refractivity contribution in [1.82, 2.24) is 9.88 Å². The first-order valence-corrected chi connectivity index (χ1v) is 8.99. The average molecular weight is 405 g/mol. The summed E-state index contributed by atoms with van der Waals surface area (Å²) in [6, 6.07) is 11.9. The van der Waals surface area contributed by atoms with E-state index >= 15 is 0 Å². The number of rotatable bonds is 7. The molecule has 1 amide bonds. The van der Waals surface area contributed by atoms with Gasteiger partial charge in [-0.25, -0.2) is 0 Å². The predicted octanol–water partition coefficient (Wildman–Crippen LogP) is 4.12. The number of benzene rings is 1. The molecule has 2 heterocycles. The first-order valence-electron chi connectivity index (χ1n) is 8.19. The van der Waals surface area contributed by atoms with Gasteiger partial charge in [0.2, 0.25) is 0 Å². The van der Waals surface area contributed by atoms with Crippen molar-refractivity contribution in [2.24, 2.45) is 0 Å². The smallest absolute Gasteiger partial charge is 0.268 e. The number of nitrogens with zero attached hydrogens (tertiary/aromatic N) is 1. The zero-order valence-electron chi connectivity index (χ0n) is 14.3. The summed E-state index contributed by atoms with van der Waals surface area (Å²) in [6.07, 6.45) is 0.783. The molecule has 0 aliphatic heterocycles. The van der Waals surface area contributed by atoms with Gasteiger partial charge in [0.1, 0.15) is 11.5 Å². The van der Waals surface area contributed by atoms with Crippen molar-refractivity contribution >= 4 is 32.9 Å². The van der Waals surface area contributed by atoms with E-state index in [4.69, 9.17) is 9.15 Å². The highest BCUT2D eigenvalue weighted by Gasteiger charge is 2.18. The summed E-state index contributed by atoms with van der Waals surface area (Å²) >= 11 is 3.45. The van der Waals surface area contributed by atoms with Gasteiger partial charge in [0.05, 0.1) is 5.52 Å². The van der Waals surface area contributed by atoms with Crippen molar-refractivity contribution in [2.75, 3.05) is 20.3 Å². The van der Waals surface area contributed by atoms with E-state index < -0.39 is 0 Å². The number of aromatic nitrogens is 1. The topological polar surface area (TPSA) is 56.4 Å². The number of aryl methyl sites for hydroxylation is 1. The van der Waals surface area contributed by atoms with E-state index in [0.717, 1.165) is 33.3 Å². The van der Waals surface area contributed by atoms with Gasteiger partial charge in [0, 0.05) is 43.4 Å². The van der Waals surface area contributed by atoms with Crippen LogP contribution in [0.1, 0.15) is 28.2 Å². The van der Waals surface area contributed by atoms with Crippen LogP contribution in [0.5, 0.6) is 0 Å². The van der Waals surface area contributed by atoms with Crippen LogP contribution in [0.4, 0.5) is 0 Å². The number of fused-ring (bicyclic) bond motifs is 1. The van der Waals surface area contributed by atoms with Crippen LogP contribution in [0, 0.1) is 6.92 Å². The van der Waals surface area contributed by atoms with Crippen LogP contribution in [0.15, 0.2) is 45.3 Å². The molecule has 132 valence electrons. The lowest BCUT2D eigenvalue weighted by atomic mass is 10.2. The highest BCUT2D eigenvalue weighted by atomic mass is 79.9. The van der Waals surface area contributed by atoms with Gasteiger partial charge in [-0.3, -0.25) is 4.79 Å². The molecule has 0 bridgehead atoms. The van der Waals surface area contributed by atoms with Crippen molar-refractivity contribution in [3.05, 3.63) is 57.9 Å². The minimum Gasteiger partial charge on any atom is -0.460 e. The Kier molecular flexibility index (Phi) is 5.60. The van der Waals surface area contributed by atoms with E-state index in [9.17, 15) is 4.79 Å². The van der Waals surface area contributed by atoms with Crippen molar-refractivity contribution in [2.45, 2.75) is 19.9 Å². The Labute approximate surface area is 155 Å². The predicted molar refractivity (Wildman–Crippen MR) is 101 cm³/mol. The van der Waals surface area contributed by atoms with Gasteiger partial charge in [0.25, 0.3) is 5.91 Å². The Morgan fingerprint density at radius 2 is 2.04 bits per heavy atom. The normalized spacial score (nSPS) is 11.2. The van der Waals surface area contributed by atoms with Crippen molar-refractivity contribution in [1.29, 1.82) is 0 Å². The maximum absolute atomic E-state index is 12.6. The SMILES string of the molecule is COCCCNC(=O)c1cc2oc(C)cc2n1Cc1ccc(Br)cc1. The fraction of sp³-hybridized carbons (Fsp3) is 0.316. The molecule has 1 N–H and O–H groups in total. The molecule has 0 aliphatic carbocycles. The molecular weight excluding hydrogens is 384 g/mol. The molecule has 0 fully saturated rings. The van der Waals surface area contributed by atoms with Crippen LogP contribution in [-0.4, -0.2) is 30.7 Å². The number of amides is 1. The Morgan fingerprint density at radius 1 is 1.28 bits per heavy atom. The summed E-state index contributed by atoms with van der Waals surface area (Å²) in [5, 5.41) is 2.95. The molecule has 0 atom stereocenters. The lowest BCUT2D eigenvalue weighted by Gasteiger charge is -2.11. The molecule has 0 aliphatic rings. The molecule has 0 spiro atoms. The molecule has 25 heavy (non-hydrogen) atoms. The summed E-state index contributed by atoms with van der Waals surface area (Å²) in [5.41, 5.74) is 3.39.